The summed E-state index contributed by atoms with van der Waals surface area (Å²) in [5.74, 6) is 0.110. The molecular weight excluding hydrogens is 371 g/mol. The molecule has 1 amide bonds. The zero-order valence-corrected chi connectivity index (χ0v) is 16.2. The smallest absolute Gasteiger partial charge is 0.246 e. The summed E-state index contributed by atoms with van der Waals surface area (Å²) in [5.41, 5.74) is 0. The molecular formula is C16H22Cl2N2O3S. The van der Waals surface area contributed by atoms with E-state index in [9.17, 15) is 13.2 Å². The molecule has 1 heterocycles. The molecule has 0 aliphatic carbocycles. The van der Waals surface area contributed by atoms with Gasteiger partial charge in [-0.05, 0) is 25.0 Å². The number of amides is 1. The van der Waals surface area contributed by atoms with Crippen LogP contribution in [0, 0.1) is 5.92 Å². The largest absolute Gasteiger partial charge is 0.340 e. The molecule has 1 aromatic carbocycles. The maximum absolute atomic E-state index is 12.8. The van der Waals surface area contributed by atoms with Crippen molar-refractivity contribution in [2.75, 3.05) is 26.2 Å². The fourth-order valence-electron chi connectivity index (χ4n) is 2.90. The molecule has 24 heavy (non-hydrogen) atoms. The number of nitrogens with zero attached hydrogens (tertiary/aromatic N) is 2. The number of halogens is 2. The predicted molar refractivity (Wildman–Crippen MR) is 95.9 cm³/mol. The first-order chi connectivity index (χ1) is 11.3. The fraction of sp³-hybridized carbons (Fsp3) is 0.562. The lowest BCUT2D eigenvalue weighted by atomic mass is 10.0. The molecule has 0 aromatic heterocycles. The summed E-state index contributed by atoms with van der Waals surface area (Å²) in [5, 5.41) is 0.219. The maximum Gasteiger partial charge on any atom is 0.246 e. The zero-order valence-electron chi connectivity index (χ0n) is 13.8. The van der Waals surface area contributed by atoms with E-state index in [-0.39, 0.29) is 39.9 Å². The highest BCUT2D eigenvalue weighted by Crippen LogP contribution is 2.32. The highest BCUT2D eigenvalue weighted by molar-refractivity contribution is 7.89. The molecule has 0 N–H and O–H groups in total. The Morgan fingerprint density at radius 2 is 1.58 bits per heavy atom. The standard InChI is InChI=1S/C16H22Cl2N2O3S/c1-3-12(4-2)16(21)19-8-10-20(11-9-19)24(22,23)15-13(17)6-5-7-14(15)18/h5-7,12H,3-4,8-11H2,1-2H3. The van der Waals surface area contributed by atoms with Gasteiger partial charge in [-0.2, -0.15) is 4.31 Å². The molecule has 1 aliphatic rings. The van der Waals surface area contributed by atoms with Gasteiger partial charge in [-0.25, -0.2) is 8.42 Å². The molecule has 0 saturated carbocycles. The number of carbonyl (C=O) groups is 1. The molecule has 1 aliphatic heterocycles. The van der Waals surface area contributed by atoms with Crippen molar-refractivity contribution in [2.24, 2.45) is 5.92 Å². The first-order valence-electron chi connectivity index (χ1n) is 8.05. The van der Waals surface area contributed by atoms with Gasteiger partial charge in [0.15, 0.2) is 0 Å². The summed E-state index contributed by atoms with van der Waals surface area (Å²) in [6, 6.07) is 4.62. The van der Waals surface area contributed by atoms with E-state index in [1.54, 1.807) is 11.0 Å². The van der Waals surface area contributed by atoms with E-state index in [1.807, 2.05) is 13.8 Å². The van der Waals surface area contributed by atoms with Gasteiger partial charge in [-0.1, -0.05) is 43.1 Å². The van der Waals surface area contributed by atoms with Gasteiger partial charge < -0.3 is 4.90 Å². The number of hydrogen-bond donors (Lipinski definition) is 0. The fourth-order valence-corrected chi connectivity index (χ4v) is 5.42. The third kappa shape index (κ3) is 3.87. The summed E-state index contributed by atoms with van der Waals surface area (Å²) in [6.07, 6.45) is 1.59. The van der Waals surface area contributed by atoms with Crippen LogP contribution in [0.5, 0.6) is 0 Å². The number of rotatable bonds is 5. The van der Waals surface area contributed by atoms with Gasteiger partial charge in [0.2, 0.25) is 15.9 Å². The molecule has 0 spiro atoms. The average Bonchev–Trinajstić information content (AvgIpc) is 2.55. The van der Waals surface area contributed by atoms with Crippen LogP contribution >= 0.6 is 23.2 Å². The van der Waals surface area contributed by atoms with Crippen LogP contribution in [0.3, 0.4) is 0 Å². The Labute approximate surface area is 153 Å². The predicted octanol–water partition coefficient (Wildman–Crippen LogP) is 3.26. The molecule has 1 fully saturated rings. The lowest BCUT2D eigenvalue weighted by Crippen LogP contribution is -2.51. The van der Waals surface area contributed by atoms with Gasteiger partial charge >= 0.3 is 0 Å². The number of benzene rings is 1. The van der Waals surface area contributed by atoms with Gasteiger partial charge in [-0.15, -0.1) is 0 Å². The molecule has 0 atom stereocenters. The average molecular weight is 393 g/mol. The van der Waals surface area contributed by atoms with E-state index in [0.29, 0.717) is 13.1 Å². The van der Waals surface area contributed by atoms with Crippen molar-refractivity contribution in [1.82, 2.24) is 9.21 Å². The van der Waals surface area contributed by atoms with Crippen molar-refractivity contribution in [3.8, 4) is 0 Å². The van der Waals surface area contributed by atoms with Crippen LogP contribution in [-0.4, -0.2) is 49.7 Å². The van der Waals surface area contributed by atoms with Crippen LogP contribution in [0.15, 0.2) is 23.1 Å². The summed E-state index contributed by atoms with van der Waals surface area (Å²) in [4.78, 5) is 14.1. The van der Waals surface area contributed by atoms with Crippen molar-refractivity contribution in [3.05, 3.63) is 28.2 Å². The normalized spacial score (nSPS) is 16.6. The molecule has 2 rings (SSSR count). The highest BCUT2D eigenvalue weighted by Gasteiger charge is 2.33. The Morgan fingerprint density at radius 3 is 2.04 bits per heavy atom. The molecule has 5 nitrogen and oxygen atoms in total. The lowest BCUT2D eigenvalue weighted by Gasteiger charge is -2.35. The lowest BCUT2D eigenvalue weighted by molar-refractivity contribution is -0.136. The summed E-state index contributed by atoms with van der Waals surface area (Å²) in [6.45, 7) is 5.25. The minimum absolute atomic E-state index is 0.00571. The van der Waals surface area contributed by atoms with E-state index in [1.165, 1.54) is 16.4 Å². The van der Waals surface area contributed by atoms with Crippen LogP contribution in [0.1, 0.15) is 26.7 Å². The second kappa shape index (κ2) is 8.04. The van der Waals surface area contributed by atoms with Gasteiger partial charge in [0, 0.05) is 32.1 Å². The Hall–Kier alpha value is -0.820. The van der Waals surface area contributed by atoms with Gasteiger partial charge in [0.25, 0.3) is 0 Å². The van der Waals surface area contributed by atoms with Crippen LogP contribution in [0.25, 0.3) is 0 Å². The number of hydrogen-bond acceptors (Lipinski definition) is 3. The van der Waals surface area contributed by atoms with Crippen molar-refractivity contribution in [3.63, 3.8) is 0 Å². The summed E-state index contributed by atoms with van der Waals surface area (Å²) in [7, 11) is -3.77. The van der Waals surface area contributed by atoms with Crippen molar-refractivity contribution in [2.45, 2.75) is 31.6 Å². The Kier molecular flexibility index (Phi) is 6.53. The van der Waals surface area contributed by atoms with E-state index >= 15 is 0 Å². The first-order valence-corrected chi connectivity index (χ1v) is 10.3. The minimum Gasteiger partial charge on any atom is -0.340 e. The minimum atomic E-state index is -3.77. The van der Waals surface area contributed by atoms with E-state index in [2.05, 4.69) is 0 Å². The third-order valence-corrected chi connectivity index (χ3v) is 7.26. The van der Waals surface area contributed by atoms with Crippen LogP contribution < -0.4 is 0 Å². The zero-order chi connectivity index (χ0) is 17.9. The topological polar surface area (TPSA) is 57.7 Å². The third-order valence-electron chi connectivity index (χ3n) is 4.40. The maximum atomic E-state index is 12.8. The molecule has 0 unspecified atom stereocenters. The van der Waals surface area contributed by atoms with Gasteiger partial charge in [-0.3, -0.25) is 4.79 Å². The Balaban J connectivity index is 2.13. The number of carbonyl (C=O) groups excluding carboxylic acids is 1. The van der Waals surface area contributed by atoms with Crippen LogP contribution in [0.2, 0.25) is 10.0 Å². The SMILES string of the molecule is CCC(CC)C(=O)N1CCN(S(=O)(=O)c2c(Cl)cccc2Cl)CC1. The van der Waals surface area contributed by atoms with E-state index in [0.717, 1.165) is 12.8 Å². The molecule has 0 radical (unpaired) electrons. The number of piperazine rings is 1. The van der Waals surface area contributed by atoms with Crippen molar-refractivity contribution in [1.29, 1.82) is 0 Å². The molecule has 0 bridgehead atoms. The van der Waals surface area contributed by atoms with Crippen molar-refractivity contribution >= 4 is 39.1 Å². The molecule has 1 saturated heterocycles. The molecule has 8 heteroatoms. The van der Waals surface area contributed by atoms with Crippen LogP contribution in [-0.2, 0) is 14.8 Å². The molecule has 134 valence electrons. The van der Waals surface area contributed by atoms with Gasteiger partial charge in [0.05, 0.1) is 10.0 Å². The highest BCUT2D eigenvalue weighted by atomic mass is 35.5. The van der Waals surface area contributed by atoms with E-state index < -0.39 is 10.0 Å². The van der Waals surface area contributed by atoms with Crippen LogP contribution in [0.4, 0.5) is 0 Å². The summed E-state index contributed by atoms with van der Waals surface area (Å²) < 4.78 is 27.0. The Bertz CT molecular complexity index is 677. The second-order valence-corrected chi connectivity index (χ2v) is 8.48. The quantitative estimate of drug-likeness (QED) is 0.772. The Morgan fingerprint density at radius 1 is 1.08 bits per heavy atom. The summed E-state index contributed by atoms with van der Waals surface area (Å²) >= 11 is 12.1. The second-order valence-electron chi connectivity index (χ2n) is 5.79. The van der Waals surface area contributed by atoms with Gasteiger partial charge in [0.1, 0.15) is 4.90 Å². The van der Waals surface area contributed by atoms with Crippen molar-refractivity contribution < 1.29 is 13.2 Å². The molecule has 1 aromatic rings. The van der Waals surface area contributed by atoms with E-state index in [4.69, 9.17) is 23.2 Å². The first kappa shape index (κ1) is 19.5. The monoisotopic (exact) mass is 392 g/mol. The number of sulfonamides is 1.